The van der Waals surface area contributed by atoms with Crippen molar-refractivity contribution in [1.29, 1.82) is 0 Å². The Morgan fingerprint density at radius 3 is 2.26 bits per heavy atom. The molecule has 1 aromatic heterocycles. The van der Waals surface area contributed by atoms with Crippen molar-refractivity contribution in [2.45, 2.75) is 17.8 Å². The molecule has 0 fully saturated rings. The molecule has 0 bridgehead atoms. The van der Waals surface area contributed by atoms with Crippen LogP contribution in [0.15, 0.2) is 29.2 Å². The normalized spacial score (nSPS) is 11.9. The highest BCUT2D eigenvalue weighted by Gasteiger charge is 2.31. The summed E-state index contributed by atoms with van der Waals surface area (Å²) in [6, 6.07) is 3.79. The highest BCUT2D eigenvalue weighted by Crippen LogP contribution is 2.23. The Bertz CT molecular complexity index is 889. The predicted molar refractivity (Wildman–Crippen MR) is 87.9 cm³/mol. The molecule has 0 saturated carbocycles. The van der Waals surface area contributed by atoms with Gasteiger partial charge in [0, 0.05) is 14.1 Å². The number of benzene rings is 1. The minimum absolute atomic E-state index is 0.0107. The van der Waals surface area contributed by atoms with Crippen molar-refractivity contribution in [2.75, 3.05) is 26.1 Å². The first-order valence-corrected chi connectivity index (χ1v) is 8.80. The van der Waals surface area contributed by atoms with Crippen molar-refractivity contribution >= 4 is 16.0 Å². The average Bonchev–Trinajstić information content (AvgIpc) is 2.59. The minimum Gasteiger partial charge on any atom is -0.467 e. The molecule has 0 amide bonds. The summed E-state index contributed by atoms with van der Waals surface area (Å²) in [4.78, 5) is 13.4. The van der Waals surface area contributed by atoms with Crippen molar-refractivity contribution in [2.24, 2.45) is 0 Å². The topological polar surface area (TPSA) is 107 Å². The zero-order valence-electron chi connectivity index (χ0n) is 14.5. The molecule has 27 heavy (non-hydrogen) atoms. The van der Waals surface area contributed by atoms with E-state index < -0.39 is 22.1 Å². The van der Waals surface area contributed by atoms with Gasteiger partial charge in [0.15, 0.2) is 5.82 Å². The monoisotopic (exact) mass is 407 g/mol. The van der Waals surface area contributed by atoms with Gasteiger partial charge in [-0.15, -0.1) is 13.2 Å². The number of hydrogen-bond donors (Lipinski definition) is 1. The Hall–Kier alpha value is -2.67. The van der Waals surface area contributed by atoms with Gasteiger partial charge < -0.3 is 14.4 Å². The molecule has 148 valence electrons. The molecule has 0 aliphatic rings. The van der Waals surface area contributed by atoms with E-state index >= 15 is 0 Å². The molecule has 1 N–H and O–H groups in total. The maximum Gasteiger partial charge on any atom is 0.573 e. The number of methoxy groups -OCH3 is 1. The molecule has 13 heteroatoms. The second kappa shape index (κ2) is 7.92. The lowest BCUT2D eigenvalue weighted by Gasteiger charge is -2.13. The molecule has 9 nitrogen and oxygen atoms in total. The van der Waals surface area contributed by atoms with Crippen LogP contribution in [0.1, 0.15) is 5.82 Å². The lowest BCUT2D eigenvalue weighted by atomic mass is 10.3. The summed E-state index contributed by atoms with van der Waals surface area (Å²) in [5.74, 6) is -0.157. The van der Waals surface area contributed by atoms with Gasteiger partial charge in [0.1, 0.15) is 5.75 Å². The van der Waals surface area contributed by atoms with E-state index in [2.05, 4.69) is 24.4 Å². The van der Waals surface area contributed by atoms with E-state index in [0.717, 1.165) is 24.3 Å². The number of aromatic nitrogens is 3. The number of nitrogens with zero attached hydrogens (tertiary/aromatic N) is 4. The molecule has 2 aromatic rings. The average molecular weight is 407 g/mol. The molecule has 0 aliphatic carbocycles. The van der Waals surface area contributed by atoms with Crippen molar-refractivity contribution in [3.05, 3.63) is 30.1 Å². The van der Waals surface area contributed by atoms with E-state index in [4.69, 9.17) is 4.74 Å². The van der Waals surface area contributed by atoms with Crippen LogP contribution in [0.5, 0.6) is 11.8 Å². The third-order valence-corrected chi connectivity index (χ3v) is 4.44. The first-order chi connectivity index (χ1) is 12.5. The van der Waals surface area contributed by atoms with Gasteiger partial charge in [-0.3, -0.25) is 0 Å². The van der Waals surface area contributed by atoms with Gasteiger partial charge >= 0.3 is 12.4 Å². The number of rotatable bonds is 7. The van der Waals surface area contributed by atoms with Crippen molar-refractivity contribution in [3.8, 4) is 11.8 Å². The zero-order valence-corrected chi connectivity index (χ0v) is 15.3. The Kier molecular flexibility index (Phi) is 6.05. The summed E-state index contributed by atoms with van der Waals surface area (Å²) >= 11 is 0. The van der Waals surface area contributed by atoms with Crippen LogP contribution in [-0.2, 0) is 16.6 Å². The predicted octanol–water partition coefficient (Wildman–Crippen LogP) is 1.32. The SMILES string of the molecule is COc1nc(CNS(=O)(=O)c2ccc(OC(F)(F)F)cc2)nc(N(C)C)n1. The quantitative estimate of drug-likeness (QED) is 0.733. The standard InChI is InChI=1S/C14H16F3N5O4S/c1-22(2)12-19-11(20-13(21-12)25-3)8-18-27(23,24)10-6-4-9(5-7-10)26-14(15,16)17/h4-7,18H,8H2,1-3H3. The molecule has 0 saturated heterocycles. The highest BCUT2D eigenvalue weighted by atomic mass is 32.2. The summed E-state index contributed by atoms with van der Waals surface area (Å²) in [7, 11) is 0.717. The van der Waals surface area contributed by atoms with Crippen molar-refractivity contribution in [1.82, 2.24) is 19.7 Å². The smallest absolute Gasteiger partial charge is 0.467 e. The Balaban J connectivity index is 2.14. The van der Waals surface area contributed by atoms with Crippen LogP contribution in [0.25, 0.3) is 0 Å². The van der Waals surface area contributed by atoms with Gasteiger partial charge in [-0.1, -0.05) is 0 Å². The summed E-state index contributed by atoms with van der Waals surface area (Å²) in [5, 5.41) is 0. The first kappa shape index (κ1) is 20.6. The molecule has 0 unspecified atom stereocenters. The van der Waals surface area contributed by atoms with Gasteiger partial charge in [-0.05, 0) is 24.3 Å². The van der Waals surface area contributed by atoms with Gasteiger partial charge in [-0.2, -0.15) is 15.0 Å². The lowest BCUT2D eigenvalue weighted by molar-refractivity contribution is -0.274. The third-order valence-electron chi connectivity index (χ3n) is 3.02. The summed E-state index contributed by atoms with van der Waals surface area (Å²) in [5.41, 5.74) is 0. The Labute approximate surface area is 153 Å². The van der Waals surface area contributed by atoms with Crippen molar-refractivity contribution in [3.63, 3.8) is 0 Å². The van der Waals surface area contributed by atoms with Crippen LogP contribution < -0.4 is 19.1 Å². The van der Waals surface area contributed by atoms with E-state index in [9.17, 15) is 21.6 Å². The number of sulfonamides is 1. The van der Waals surface area contributed by atoms with Gasteiger partial charge in [-0.25, -0.2) is 13.1 Å². The molecular formula is C14H16F3N5O4S. The van der Waals surface area contributed by atoms with Crippen LogP contribution >= 0.6 is 0 Å². The second-order valence-electron chi connectivity index (χ2n) is 5.28. The van der Waals surface area contributed by atoms with Crippen LogP contribution in [0.3, 0.4) is 0 Å². The third kappa shape index (κ3) is 5.92. The van der Waals surface area contributed by atoms with Gasteiger partial charge in [0.25, 0.3) is 0 Å². The fraction of sp³-hybridized carbons (Fsp3) is 0.357. The van der Waals surface area contributed by atoms with E-state index in [1.807, 2.05) is 0 Å². The number of nitrogens with one attached hydrogen (secondary N) is 1. The summed E-state index contributed by atoms with van der Waals surface area (Å²) < 4.78 is 71.9. The van der Waals surface area contributed by atoms with Crippen LogP contribution in [-0.4, -0.2) is 50.9 Å². The molecule has 1 heterocycles. The number of halogens is 3. The maximum atomic E-state index is 12.3. The van der Waals surface area contributed by atoms with E-state index in [1.54, 1.807) is 19.0 Å². The number of hydrogen-bond acceptors (Lipinski definition) is 8. The van der Waals surface area contributed by atoms with Crippen LogP contribution in [0.2, 0.25) is 0 Å². The number of ether oxygens (including phenoxy) is 2. The molecule has 0 radical (unpaired) electrons. The molecule has 2 rings (SSSR count). The van der Waals surface area contributed by atoms with Crippen LogP contribution in [0.4, 0.5) is 19.1 Å². The molecule has 0 aliphatic heterocycles. The fourth-order valence-corrected chi connectivity index (χ4v) is 2.80. The number of alkyl halides is 3. The Morgan fingerprint density at radius 2 is 1.74 bits per heavy atom. The second-order valence-corrected chi connectivity index (χ2v) is 7.04. The molecular weight excluding hydrogens is 391 g/mol. The summed E-state index contributed by atoms with van der Waals surface area (Å²) in [6.45, 7) is -0.275. The molecule has 0 atom stereocenters. The van der Waals surface area contributed by atoms with Gasteiger partial charge in [0.2, 0.25) is 16.0 Å². The van der Waals surface area contributed by atoms with E-state index in [1.165, 1.54) is 7.11 Å². The fourth-order valence-electron chi connectivity index (χ4n) is 1.82. The minimum atomic E-state index is -4.86. The highest BCUT2D eigenvalue weighted by molar-refractivity contribution is 7.89. The molecule has 0 spiro atoms. The van der Waals surface area contributed by atoms with E-state index in [0.29, 0.717) is 0 Å². The summed E-state index contributed by atoms with van der Waals surface area (Å²) in [6.07, 6.45) is -4.86. The van der Waals surface area contributed by atoms with Gasteiger partial charge in [0.05, 0.1) is 18.6 Å². The largest absolute Gasteiger partial charge is 0.573 e. The number of anilines is 1. The zero-order chi connectivity index (χ0) is 20.2. The molecule has 1 aromatic carbocycles. The maximum absolute atomic E-state index is 12.3. The first-order valence-electron chi connectivity index (χ1n) is 7.32. The van der Waals surface area contributed by atoms with Crippen LogP contribution in [0, 0.1) is 0 Å². The van der Waals surface area contributed by atoms with E-state index in [-0.39, 0.29) is 29.2 Å². The Morgan fingerprint density at radius 1 is 1.11 bits per heavy atom. The van der Waals surface area contributed by atoms with Crippen molar-refractivity contribution < 1.29 is 31.1 Å². The lowest BCUT2D eigenvalue weighted by Crippen LogP contribution is -2.25.